The molecule has 1 saturated carbocycles. The van der Waals surface area contributed by atoms with Crippen molar-refractivity contribution in [3.63, 3.8) is 0 Å². The molecule has 1 aliphatic carbocycles. The quantitative estimate of drug-likeness (QED) is 0.841. The van der Waals surface area contributed by atoms with Gasteiger partial charge in [-0.1, -0.05) is 18.2 Å². The molecule has 1 fully saturated rings. The third kappa shape index (κ3) is 3.55. The molecule has 94 valence electrons. The highest BCUT2D eigenvalue weighted by Crippen LogP contribution is 2.19. The first-order chi connectivity index (χ1) is 8.15. The van der Waals surface area contributed by atoms with Gasteiger partial charge in [-0.25, -0.2) is 0 Å². The fraction of sp³-hybridized carbons (Fsp3) is 0.600. The van der Waals surface area contributed by atoms with E-state index < -0.39 is 0 Å². The molecular weight excluding hydrogens is 210 g/mol. The first kappa shape index (κ1) is 12.6. The lowest BCUT2D eigenvalue weighted by atomic mass is 9.93. The fourth-order valence-electron chi connectivity index (χ4n) is 2.46. The molecular formula is C15H23NO. The molecule has 2 N–H and O–H groups in total. The van der Waals surface area contributed by atoms with E-state index in [4.69, 9.17) is 0 Å². The summed E-state index contributed by atoms with van der Waals surface area (Å²) in [5.74, 6) is 0. The average molecular weight is 233 g/mol. The summed E-state index contributed by atoms with van der Waals surface area (Å²) < 4.78 is 0. The second kappa shape index (κ2) is 5.65. The summed E-state index contributed by atoms with van der Waals surface area (Å²) in [5.41, 5.74) is 4.08. The molecule has 0 aliphatic heterocycles. The van der Waals surface area contributed by atoms with E-state index in [1.54, 1.807) is 0 Å². The van der Waals surface area contributed by atoms with Crippen molar-refractivity contribution in [2.45, 2.75) is 58.2 Å². The monoisotopic (exact) mass is 233 g/mol. The van der Waals surface area contributed by atoms with Crippen LogP contribution in [0.3, 0.4) is 0 Å². The molecule has 0 radical (unpaired) electrons. The van der Waals surface area contributed by atoms with Gasteiger partial charge in [0.05, 0.1) is 6.10 Å². The van der Waals surface area contributed by atoms with E-state index in [2.05, 4.69) is 37.4 Å². The molecule has 0 heterocycles. The standard InChI is InChI=1S/C15H23NO/c1-11-3-4-13(9-12(11)2)10-16-14-5-7-15(17)8-6-14/h3-4,9,14-17H,5-8,10H2,1-2H3. The van der Waals surface area contributed by atoms with Crippen LogP contribution in [0, 0.1) is 13.8 Å². The van der Waals surface area contributed by atoms with E-state index >= 15 is 0 Å². The predicted molar refractivity (Wildman–Crippen MR) is 71.0 cm³/mol. The first-order valence-corrected chi connectivity index (χ1v) is 6.63. The Morgan fingerprint density at radius 1 is 1.12 bits per heavy atom. The molecule has 17 heavy (non-hydrogen) atoms. The van der Waals surface area contributed by atoms with Crippen molar-refractivity contribution in [1.82, 2.24) is 5.32 Å². The normalized spacial score (nSPS) is 24.9. The zero-order valence-corrected chi connectivity index (χ0v) is 10.9. The van der Waals surface area contributed by atoms with E-state index in [1.807, 2.05) is 0 Å². The van der Waals surface area contributed by atoms with Crippen molar-refractivity contribution in [3.8, 4) is 0 Å². The molecule has 1 aliphatic rings. The van der Waals surface area contributed by atoms with Crippen molar-refractivity contribution in [2.24, 2.45) is 0 Å². The predicted octanol–water partition coefficient (Wildman–Crippen LogP) is 2.70. The Kier molecular flexibility index (Phi) is 4.19. The topological polar surface area (TPSA) is 32.3 Å². The molecule has 2 heteroatoms. The second-order valence-electron chi connectivity index (χ2n) is 5.30. The number of hydrogen-bond donors (Lipinski definition) is 2. The van der Waals surface area contributed by atoms with Crippen molar-refractivity contribution in [3.05, 3.63) is 34.9 Å². The fourth-order valence-corrected chi connectivity index (χ4v) is 2.46. The van der Waals surface area contributed by atoms with Gasteiger partial charge in [-0.3, -0.25) is 0 Å². The highest BCUT2D eigenvalue weighted by Gasteiger charge is 2.18. The van der Waals surface area contributed by atoms with E-state index in [0.717, 1.165) is 32.2 Å². The van der Waals surface area contributed by atoms with Crippen molar-refractivity contribution >= 4 is 0 Å². The Balaban J connectivity index is 1.83. The largest absolute Gasteiger partial charge is 0.393 e. The number of rotatable bonds is 3. The van der Waals surface area contributed by atoms with Crippen LogP contribution in [-0.4, -0.2) is 17.3 Å². The van der Waals surface area contributed by atoms with Crippen LogP contribution in [-0.2, 0) is 6.54 Å². The molecule has 0 spiro atoms. The van der Waals surface area contributed by atoms with Crippen LogP contribution in [0.15, 0.2) is 18.2 Å². The van der Waals surface area contributed by atoms with Crippen LogP contribution in [0.4, 0.5) is 0 Å². The SMILES string of the molecule is Cc1ccc(CNC2CCC(O)CC2)cc1C. The van der Waals surface area contributed by atoms with Crippen LogP contribution >= 0.6 is 0 Å². The van der Waals surface area contributed by atoms with E-state index in [1.165, 1.54) is 16.7 Å². The maximum atomic E-state index is 9.45. The molecule has 2 nitrogen and oxygen atoms in total. The Hall–Kier alpha value is -0.860. The van der Waals surface area contributed by atoms with Gasteiger partial charge in [0.2, 0.25) is 0 Å². The molecule has 0 unspecified atom stereocenters. The van der Waals surface area contributed by atoms with Gasteiger partial charge >= 0.3 is 0 Å². The highest BCUT2D eigenvalue weighted by atomic mass is 16.3. The van der Waals surface area contributed by atoms with Gasteiger partial charge in [-0.15, -0.1) is 0 Å². The van der Waals surface area contributed by atoms with E-state index in [9.17, 15) is 5.11 Å². The lowest BCUT2D eigenvalue weighted by molar-refractivity contribution is 0.116. The molecule has 0 atom stereocenters. The summed E-state index contributed by atoms with van der Waals surface area (Å²) in [6.07, 6.45) is 4.04. The first-order valence-electron chi connectivity index (χ1n) is 6.63. The number of nitrogens with one attached hydrogen (secondary N) is 1. The van der Waals surface area contributed by atoms with Crippen LogP contribution in [0.25, 0.3) is 0 Å². The second-order valence-corrected chi connectivity index (χ2v) is 5.30. The zero-order valence-electron chi connectivity index (χ0n) is 10.9. The van der Waals surface area contributed by atoms with Crippen LogP contribution in [0.1, 0.15) is 42.4 Å². The van der Waals surface area contributed by atoms with Crippen LogP contribution in [0.2, 0.25) is 0 Å². The van der Waals surface area contributed by atoms with Gasteiger partial charge in [-0.2, -0.15) is 0 Å². The molecule has 1 aromatic carbocycles. The maximum absolute atomic E-state index is 9.45. The minimum atomic E-state index is -0.0605. The van der Waals surface area contributed by atoms with Gasteiger partial charge in [0.15, 0.2) is 0 Å². The van der Waals surface area contributed by atoms with Gasteiger partial charge in [0.1, 0.15) is 0 Å². The van der Waals surface area contributed by atoms with Gasteiger partial charge in [-0.05, 0) is 56.2 Å². The summed E-state index contributed by atoms with van der Waals surface area (Å²) in [7, 11) is 0. The molecule has 0 amide bonds. The Labute approximate surface area is 104 Å². The minimum absolute atomic E-state index is 0.0605. The van der Waals surface area contributed by atoms with E-state index in [0.29, 0.717) is 6.04 Å². The number of hydrogen-bond acceptors (Lipinski definition) is 2. The van der Waals surface area contributed by atoms with Crippen LogP contribution in [0.5, 0.6) is 0 Å². The molecule has 2 rings (SSSR count). The smallest absolute Gasteiger partial charge is 0.0541 e. The van der Waals surface area contributed by atoms with Crippen molar-refractivity contribution in [1.29, 1.82) is 0 Å². The van der Waals surface area contributed by atoms with Gasteiger partial charge < -0.3 is 10.4 Å². The lowest BCUT2D eigenvalue weighted by Gasteiger charge is -2.26. The number of benzene rings is 1. The minimum Gasteiger partial charge on any atom is -0.393 e. The maximum Gasteiger partial charge on any atom is 0.0541 e. The molecule has 0 aromatic heterocycles. The Morgan fingerprint density at radius 2 is 1.82 bits per heavy atom. The van der Waals surface area contributed by atoms with Crippen molar-refractivity contribution in [2.75, 3.05) is 0 Å². The molecule has 1 aromatic rings. The Morgan fingerprint density at radius 3 is 2.47 bits per heavy atom. The van der Waals surface area contributed by atoms with Gasteiger partial charge in [0, 0.05) is 12.6 Å². The third-order valence-corrected chi connectivity index (χ3v) is 3.86. The van der Waals surface area contributed by atoms with E-state index in [-0.39, 0.29) is 6.10 Å². The third-order valence-electron chi connectivity index (χ3n) is 3.86. The zero-order chi connectivity index (χ0) is 12.3. The van der Waals surface area contributed by atoms with Crippen LogP contribution < -0.4 is 5.32 Å². The highest BCUT2D eigenvalue weighted by molar-refractivity contribution is 5.29. The molecule has 0 saturated heterocycles. The number of aliphatic hydroxyl groups is 1. The number of aryl methyl sites for hydroxylation is 2. The van der Waals surface area contributed by atoms with Crippen molar-refractivity contribution < 1.29 is 5.11 Å². The summed E-state index contributed by atoms with van der Waals surface area (Å²) in [4.78, 5) is 0. The summed E-state index contributed by atoms with van der Waals surface area (Å²) in [5, 5.41) is 13.0. The summed E-state index contributed by atoms with van der Waals surface area (Å²) >= 11 is 0. The molecule has 0 bridgehead atoms. The summed E-state index contributed by atoms with van der Waals surface area (Å²) in [6, 6.07) is 7.24. The lowest BCUT2D eigenvalue weighted by Crippen LogP contribution is -2.34. The average Bonchev–Trinajstić information content (AvgIpc) is 2.33. The summed E-state index contributed by atoms with van der Waals surface area (Å²) in [6.45, 7) is 5.26. The number of aliphatic hydroxyl groups excluding tert-OH is 1. The van der Waals surface area contributed by atoms with Gasteiger partial charge in [0.25, 0.3) is 0 Å². The Bertz CT molecular complexity index is 367.